The van der Waals surface area contributed by atoms with Crippen molar-refractivity contribution < 1.29 is 0 Å². The molecule has 0 atom stereocenters. The number of nitrogens with zero attached hydrogens (tertiary/aromatic N) is 4. The molecule has 0 N–H and O–H groups in total. The van der Waals surface area contributed by atoms with Crippen LogP contribution in [0.3, 0.4) is 0 Å². The van der Waals surface area contributed by atoms with Gasteiger partial charge in [-0.25, -0.2) is 9.97 Å². The third kappa shape index (κ3) is 5.33. The average molecular weight is 657 g/mol. The Kier molecular flexibility index (Phi) is 7.63. The molecule has 3 aromatic heterocycles. The summed E-state index contributed by atoms with van der Waals surface area (Å²) in [6.07, 6.45) is 7.55. The standard InChI is InChI=1S/C47H36N4/c1-3-12-32(13-4-2)34-20-24-37(25-21-34)50(38-26-22-35(23-27-38)33-14-6-5-7-15-33)39-28-29-44-40(31-39)46-41(30-36-16-8-9-17-42(36)48-46)47-49-43-18-10-11-19-45(43)51(44)47/h3,5-31H,4H2,1-2H3/b12-3-,32-13+. The van der Waals surface area contributed by atoms with E-state index in [1.54, 1.807) is 0 Å². The lowest BCUT2D eigenvalue weighted by molar-refractivity contribution is 1.23. The molecule has 0 spiro atoms. The first-order valence-corrected chi connectivity index (χ1v) is 17.6. The van der Waals surface area contributed by atoms with Crippen LogP contribution < -0.4 is 4.90 Å². The number of hydrogen-bond acceptors (Lipinski definition) is 3. The van der Waals surface area contributed by atoms with E-state index in [1.807, 2.05) is 0 Å². The smallest absolute Gasteiger partial charge is 0.147 e. The van der Waals surface area contributed by atoms with Crippen molar-refractivity contribution >= 4 is 72.0 Å². The van der Waals surface area contributed by atoms with Crippen molar-refractivity contribution in [2.24, 2.45) is 0 Å². The molecule has 0 fully saturated rings. The molecule has 9 aromatic rings. The topological polar surface area (TPSA) is 33.4 Å². The van der Waals surface area contributed by atoms with Gasteiger partial charge in [-0.15, -0.1) is 0 Å². The molecular formula is C47H36N4. The lowest BCUT2D eigenvalue weighted by Gasteiger charge is -2.26. The molecule has 51 heavy (non-hydrogen) atoms. The molecule has 0 radical (unpaired) electrons. The first-order chi connectivity index (χ1) is 25.2. The molecule has 0 saturated carbocycles. The summed E-state index contributed by atoms with van der Waals surface area (Å²) in [6, 6.07) is 54.1. The Bertz CT molecular complexity index is 2770. The van der Waals surface area contributed by atoms with Crippen LogP contribution in [-0.4, -0.2) is 14.4 Å². The van der Waals surface area contributed by atoms with E-state index in [0.717, 1.165) is 72.9 Å². The van der Waals surface area contributed by atoms with Crippen LogP contribution in [0.25, 0.3) is 66.1 Å². The summed E-state index contributed by atoms with van der Waals surface area (Å²) in [7, 11) is 0. The summed E-state index contributed by atoms with van der Waals surface area (Å²) in [5.74, 6) is 0. The molecule has 3 heterocycles. The van der Waals surface area contributed by atoms with E-state index in [0.29, 0.717) is 0 Å². The first kappa shape index (κ1) is 30.5. The third-order valence-corrected chi connectivity index (χ3v) is 9.72. The Labute approximate surface area is 297 Å². The number of rotatable bonds is 7. The summed E-state index contributed by atoms with van der Waals surface area (Å²) in [5.41, 5.74) is 14.0. The molecule has 0 saturated heterocycles. The molecular weight excluding hydrogens is 621 g/mol. The number of hydrogen-bond donors (Lipinski definition) is 0. The van der Waals surface area contributed by atoms with Crippen LogP contribution in [0.15, 0.2) is 170 Å². The maximum absolute atomic E-state index is 5.30. The second kappa shape index (κ2) is 12.7. The van der Waals surface area contributed by atoms with E-state index in [1.165, 1.54) is 22.3 Å². The van der Waals surface area contributed by atoms with Crippen LogP contribution in [0.2, 0.25) is 0 Å². The van der Waals surface area contributed by atoms with Gasteiger partial charge in [-0.05, 0) is 102 Å². The summed E-state index contributed by atoms with van der Waals surface area (Å²) in [4.78, 5) is 12.8. The zero-order valence-corrected chi connectivity index (χ0v) is 28.7. The molecule has 0 unspecified atom stereocenters. The zero-order valence-electron chi connectivity index (χ0n) is 28.7. The lowest BCUT2D eigenvalue weighted by atomic mass is 10.0. The Balaban J connectivity index is 1.29. The van der Waals surface area contributed by atoms with Crippen LogP contribution in [0.5, 0.6) is 0 Å². The van der Waals surface area contributed by atoms with Gasteiger partial charge in [0.05, 0.1) is 27.6 Å². The highest BCUT2D eigenvalue weighted by molar-refractivity contribution is 6.15. The molecule has 4 heteroatoms. The predicted molar refractivity (Wildman–Crippen MR) is 216 cm³/mol. The number of pyridine rings is 2. The number of para-hydroxylation sites is 3. The highest BCUT2D eigenvalue weighted by Crippen LogP contribution is 2.40. The van der Waals surface area contributed by atoms with Crippen LogP contribution >= 0.6 is 0 Å². The lowest BCUT2D eigenvalue weighted by Crippen LogP contribution is -2.10. The quantitative estimate of drug-likeness (QED) is 0.0972. The van der Waals surface area contributed by atoms with Gasteiger partial charge in [-0.2, -0.15) is 0 Å². The molecule has 4 nitrogen and oxygen atoms in total. The number of benzene rings is 6. The summed E-state index contributed by atoms with van der Waals surface area (Å²) < 4.78 is 2.30. The Morgan fingerprint density at radius 2 is 1.27 bits per heavy atom. The van der Waals surface area contributed by atoms with E-state index < -0.39 is 0 Å². The normalized spacial score (nSPS) is 12.2. The molecule has 0 bridgehead atoms. The molecule has 244 valence electrons. The summed E-state index contributed by atoms with van der Waals surface area (Å²) >= 11 is 0. The van der Waals surface area contributed by atoms with Gasteiger partial charge in [0.2, 0.25) is 0 Å². The monoisotopic (exact) mass is 656 g/mol. The minimum Gasteiger partial charge on any atom is -0.310 e. The van der Waals surface area contributed by atoms with Crippen molar-refractivity contribution in [2.75, 3.05) is 4.90 Å². The Morgan fingerprint density at radius 3 is 2.04 bits per heavy atom. The number of fused-ring (bicyclic) bond motifs is 9. The highest BCUT2D eigenvalue weighted by atomic mass is 15.1. The van der Waals surface area contributed by atoms with Crippen molar-refractivity contribution in [3.63, 3.8) is 0 Å². The molecule has 9 rings (SSSR count). The maximum atomic E-state index is 5.30. The largest absolute Gasteiger partial charge is 0.310 e. The van der Waals surface area contributed by atoms with E-state index in [9.17, 15) is 0 Å². The summed E-state index contributed by atoms with van der Waals surface area (Å²) in [5, 5.41) is 3.22. The molecule has 0 amide bonds. The van der Waals surface area contributed by atoms with E-state index in [-0.39, 0.29) is 0 Å². The number of imidazole rings is 1. The molecule has 6 aromatic carbocycles. The van der Waals surface area contributed by atoms with Crippen LogP contribution in [0, 0.1) is 0 Å². The van der Waals surface area contributed by atoms with Crippen LogP contribution in [0.1, 0.15) is 25.8 Å². The first-order valence-electron chi connectivity index (χ1n) is 17.6. The predicted octanol–water partition coefficient (Wildman–Crippen LogP) is 12.8. The fraction of sp³-hybridized carbons (Fsp3) is 0.0638. The number of aromatic nitrogens is 3. The van der Waals surface area contributed by atoms with Crippen molar-refractivity contribution in [1.29, 1.82) is 0 Å². The van der Waals surface area contributed by atoms with E-state index in [2.05, 4.69) is 193 Å². The van der Waals surface area contributed by atoms with Crippen molar-refractivity contribution in [3.8, 4) is 11.1 Å². The second-order valence-corrected chi connectivity index (χ2v) is 12.9. The van der Waals surface area contributed by atoms with Gasteiger partial charge in [0.1, 0.15) is 5.65 Å². The molecule has 0 aliphatic heterocycles. The third-order valence-electron chi connectivity index (χ3n) is 9.72. The van der Waals surface area contributed by atoms with Crippen molar-refractivity contribution in [2.45, 2.75) is 20.3 Å². The van der Waals surface area contributed by atoms with Gasteiger partial charge in [-0.3, -0.25) is 4.40 Å². The highest BCUT2D eigenvalue weighted by Gasteiger charge is 2.19. The van der Waals surface area contributed by atoms with Crippen LogP contribution in [0.4, 0.5) is 17.1 Å². The van der Waals surface area contributed by atoms with Gasteiger partial charge in [0.15, 0.2) is 0 Å². The van der Waals surface area contributed by atoms with Crippen molar-refractivity contribution in [1.82, 2.24) is 14.4 Å². The van der Waals surface area contributed by atoms with Gasteiger partial charge >= 0.3 is 0 Å². The number of anilines is 3. The van der Waals surface area contributed by atoms with Gasteiger partial charge in [0.25, 0.3) is 0 Å². The fourth-order valence-electron chi connectivity index (χ4n) is 7.36. The van der Waals surface area contributed by atoms with E-state index >= 15 is 0 Å². The van der Waals surface area contributed by atoms with E-state index in [4.69, 9.17) is 9.97 Å². The van der Waals surface area contributed by atoms with Gasteiger partial charge in [0, 0.05) is 33.2 Å². The number of allylic oxidation sites excluding steroid dienone is 4. The SMILES string of the molecule is C/C=C\C(=C/CC)c1ccc(N(c2ccc(-c3ccccc3)cc2)c2ccc3c(c2)c2nc4ccccc4cc2c2nc4ccccc4n32)cc1. The van der Waals surface area contributed by atoms with Gasteiger partial charge in [-0.1, -0.05) is 110 Å². The summed E-state index contributed by atoms with van der Waals surface area (Å²) in [6.45, 7) is 4.25. The molecule has 0 aliphatic rings. The molecule has 0 aliphatic carbocycles. The zero-order chi connectivity index (χ0) is 34.3. The minimum atomic E-state index is 0.922. The average Bonchev–Trinajstić information content (AvgIpc) is 3.58. The fourth-order valence-corrected chi connectivity index (χ4v) is 7.36. The minimum absolute atomic E-state index is 0.922. The Morgan fingerprint density at radius 1 is 0.608 bits per heavy atom. The van der Waals surface area contributed by atoms with Crippen molar-refractivity contribution in [3.05, 3.63) is 175 Å². The van der Waals surface area contributed by atoms with Gasteiger partial charge < -0.3 is 4.90 Å². The second-order valence-electron chi connectivity index (χ2n) is 12.9. The maximum Gasteiger partial charge on any atom is 0.147 e. The van der Waals surface area contributed by atoms with Crippen LogP contribution in [-0.2, 0) is 0 Å². The Hall–Kier alpha value is -6.52.